The third-order valence-electron chi connectivity index (χ3n) is 3.48. The van der Waals surface area contributed by atoms with E-state index in [2.05, 4.69) is 5.32 Å². The quantitative estimate of drug-likeness (QED) is 0.588. The number of thioether (sulfide) groups is 2. The van der Waals surface area contributed by atoms with Gasteiger partial charge in [0.15, 0.2) is 0 Å². The molecular formula is C15H10N4O4S2. The van der Waals surface area contributed by atoms with Crippen LogP contribution in [0.15, 0.2) is 40.9 Å². The van der Waals surface area contributed by atoms with E-state index in [4.69, 9.17) is 5.73 Å². The van der Waals surface area contributed by atoms with Crippen molar-refractivity contribution < 1.29 is 19.2 Å². The van der Waals surface area contributed by atoms with Crippen molar-refractivity contribution in [2.75, 3.05) is 4.90 Å². The number of imide groups is 1. The van der Waals surface area contributed by atoms with E-state index in [1.165, 1.54) is 4.90 Å². The molecule has 3 rings (SSSR count). The Balaban J connectivity index is 2.09. The first-order chi connectivity index (χ1) is 11.9. The molecule has 1 aromatic carbocycles. The number of nitrogens with zero attached hydrogens (tertiary/aromatic N) is 2. The molecule has 0 bridgehead atoms. The van der Waals surface area contributed by atoms with Crippen LogP contribution in [0.2, 0.25) is 0 Å². The third kappa shape index (κ3) is 2.99. The molecule has 1 aromatic rings. The number of nitrogens with two attached hydrogens (primary N) is 1. The average molecular weight is 374 g/mol. The van der Waals surface area contributed by atoms with Crippen molar-refractivity contribution in [3.05, 3.63) is 40.9 Å². The molecule has 4 amide bonds. The molecule has 2 aliphatic heterocycles. The highest BCUT2D eigenvalue weighted by Gasteiger charge is 2.50. The summed E-state index contributed by atoms with van der Waals surface area (Å²) in [7, 11) is 0. The van der Waals surface area contributed by atoms with Gasteiger partial charge in [0.2, 0.25) is 11.8 Å². The van der Waals surface area contributed by atoms with Gasteiger partial charge in [0.05, 0.1) is 0 Å². The summed E-state index contributed by atoms with van der Waals surface area (Å²) in [5.41, 5.74) is 5.31. The first-order valence-corrected chi connectivity index (χ1v) is 8.71. The minimum absolute atomic E-state index is 0.0592. The van der Waals surface area contributed by atoms with E-state index < -0.39 is 33.5 Å². The van der Waals surface area contributed by atoms with Crippen LogP contribution in [-0.4, -0.2) is 33.5 Å². The van der Waals surface area contributed by atoms with E-state index in [-0.39, 0.29) is 10.6 Å². The zero-order chi connectivity index (χ0) is 18.1. The number of nitriles is 1. The van der Waals surface area contributed by atoms with Gasteiger partial charge in [-0.2, -0.15) is 5.26 Å². The number of primary amides is 1. The number of carbonyl (C=O) groups is 4. The normalized spacial score (nSPS) is 24.9. The Bertz CT molecular complexity index is 862. The molecule has 0 aliphatic carbocycles. The highest BCUT2D eigenvalue weighted by molar-refractivity contribution is 8.16. The Morgan fingerprint density at radius 2 is 1.84 bits per heavy atom. The number of para-hydroxylation sites is 1. The average Bonchev–Trinajstić information content (AvgIpc) is 3.08. The van der Waals surface area contributed by atoms with E-state index >= 15 is 0 Å². The Hall–Kier alpha value is -2.77. The second-order valence-electron chi connectivity index (χ2n) is 5.02. The van der Waals surface area contributed by atoms with Crippen LogP contribution in [0.25, 0.3) is 0 Å². The molecule has 3 N–H and O–H groups in total. The largest absolute Gasteiger partial charge is 0.365 e. The molecule has 10 heteroatoms. The number of hydrogen-bond acceptors (Lipinski definition) is 7. The summed E-state index contributed by atoms with van der Waals surface area (Å²) in [4.78, 5) is 49.0. The van der Waals surface area contributed by atoms with Crippen molar-refractivity contribution in [3.8, 4) is 6.07 Å². The van der Waals surface area contributed by atoms with E-state index in [9.17, 15) is 24.4 Å². The number of rotatable bonds is 3. The lowest BCUT2D eigenvalue weighted by molar-refractivity contribution is -0.122. The number of hydrogen-bond donors (Lipinski definition) is 2. The molecule has 2 heterocycles. The highest BCUT2D eigenvalue weighted by atomic mass is 32.2. The fourth-order valence-electron chi connectivity index (χ4n) is 2.41. The van der Waals surface area contributed by atoms with E-state index in [1.54, 1.807) is 36.4 Å². The van der Waals surface area contributed by atoms with Crippen LogP contribution < -0.4 is 16.0 Å². The van der Waals surface area contributed by atoms with Crippen molar-refractivity contribution in [1.82, 2.24) is 5.32 Å². The highest BCUT2D eigenvalue weighted by Crippen LogP contribution is 2.45. The molecule has 0 saturated carbocycles. The van der Waals surface area contributed by atoms with Gasteiger partial charge in [-0.15, -0.1) is 0 Å². The molecule has 2 unspecified atom stereocenters. The molecule has 0 radical (unpaired) electrons. The predicted molar refractivity (Wildman–Crippen MR) is 92.1 cm³/mol. The number of nitrogens with one attached hydrogen (secondary N) is 1. The van der Waals surface area contributed by atoms with E-state index in [0.29, 0.717) is 17.4 Å². The van der Waals surface area contributed by atoms with Crippen LogP contribution in [0.5, 0.6) is 0 Å². The van der Waals surface area contributed by atoms with Crippen LogP contribution >= 0.6 is 23.5 Å². The first-order valence-electron chi connectivity index (χ1n) is 6.95. The number of amides is 4. The zero-order valence-corrected chi connectivity index (χ0v) is 14.1. The molecule has 0 aromatic heterocycles. The van der Waals surface area contributed by atoms with Gasteiger partial charge in [0.1, 0.15) is 27.2 Å². The first kappa shape index (κ1) is 17.1. The molecule has 25 heavy (non-hydrogen) atoms. The van der Waals surface area contributed by atoms with Crippen molar-refractivity contribution >= 4 is 52.2 Å². The molecule has 8 nitrogen and oxygen atoms in total. The zero-order valence-electron chi connectivity index (χ0n) is 12.5. The second kappa shape index (κ2) is 6.62. The summed E-state index contributed by atoms with van der Waals surface area (Å²) in [6.07, 6.45) is 0. The van der Waals surface area contributed by atoms with Gasteiger partial charge in [-0.05, 0) is 23.9 Å². The maximum absolute atomic E-state index is 12.9. The van der Waals surface area contributed by atoms with Gasteiger partial charge in [-0.3, -0.25) is 29.4 Å². The van der Waals surface area contributed by atoms with Gasteiger partial charge >= 0.3 is 0 Å². The lowest BCUT2D eigenvalue weighted by Crippen LogP contribution is -2.38. The van der Waals surface area contributed by atoms with E-state index in [1.807, 2.05) is 0 Å². The van der Waals surface area contributed by atoms with Crippen LogP contribution in [0, 0.1) is 11.3 Å². The fourth-order valence-corrected chi connectivity index (χ4v) is 4.80. The maximum Gasteiger partial charge on any atom is 0.286 e. The lowest BCUT2D eigenvalue weighted by atomic mass is 10.2. The minimum atomic E-state index is -0.973. The Labute approximate surface area is 150 Å². The van der Waals surface area contributed by atoms with Gasteiger partial charge in [-0.25, -0.2) is 0 Å². The maximum atomic E-state index is 12.9. The number of anilines is 1. The molecule has 2 aliphatic rings. The number of benzene rings is 1. The Morgan fingerprint density at radius 3 is 2.36 bits per heavy atom. The smallest absolute Gasteiger partial charge is 0.286 e. The molecule has 2 atom stereocenters. The molecular weight excluding hydrogens is 364 g/mol. The van der Waals surface area contributed by atoms with Gasteiger partial charge < -0.3 is 5.73 Å². The van der Waals surface area contributed by atoms with Crippen molar-refractivity contribution in [1.29, 1.82) is 5.26 Å². The topological polar surface area (TPSA) is 133 Å². The van der Waals surface area contributed by atoms with Crippen LogP contribution in [0.4, 0.5) is 10.5 Å². The minimum Gasteiger partial charge on any atom is -0.365 e. The summed E-state index contributed by atoms with van der Waals surface area (Å²) in [6.45, 7) is 0. The second-order valence-corrected chi connectivity index (χ2v) is 7.26. The summed E-state index contributed by atoms with van der Waals surface area (Å²) in [6, 6.07) is 10.1. The SMILES string of the molecule is N#CC(C(N)=O)=C1SC(C2SC(=O)NC2=O)C(=O)N1c1ccccc1. The third-order valence-corrected chi connectivity index (χ3v) is 6.05. The summed E-state index contributed by atoms with van der Waals surface area (Å²) in [5, 5.41) is 9.01. The Kier molecular flexibility index (Phi) is 4.52. The molecule has 2 fully saturated rings. The summed E-state index contributed by atoms with van der Waals surface area (Å²) >= 11 is 1.60. The van der Waals surface area contributed by atoms with Crippen molar-refractivity contribution in [3.63, 3.8) is 0 Å². The van der Waals surface area contributed by atoms with E-state index in [0.717, 1.165) is 11.8 Å². The molecule has 2 saturated heterocycles. The lowest BCUT2D eigenvalue weighted by Gasteiger charge is -2.18. The monoisotopic (exact) mass is 374 g/mol. The fraction of sp³-hybridized carbons (Fsp3) is 0.133. The molecule has 0 spiro atoms. The van der Waals surface area contributed by atoms with Gasteiger partial charge in [-0.1, -0.05) is 30.0 Å². The van der Waals surface area contributed by atoms with Gasteiger partial charge in [0.25, 0.3) is 11.1 Å². The summed E-state index contributed by atoms with van der Waals surface area (Å²) < 4.78 is 0. The van der Waals surface area contributed by atoms with Gasteiger partial charge in [0, 0.05) is 5.69 Å². The number of carbonyl (C=O) groups excluding carboxylic acids is 4. The Morgan fingerprint density at radius 1 is 1.16 bits per heavy atom. The standard InChI is InChI=1S/C15H10N4O4S2/c16-6-8(11(17)20)14-19(7-4-2-1-3-5-7)13(22)10(24-14)9-12(21)18-15(23)25-9/h1-5,9-10H,(H2,17,20)(H,18,21,23). The summed E-state index contributed by atoms with van der Waals surface area (Å²) in [5.74, 6) is -2.05. The van der Waals surface area contributed by atoms with Crippen LogP contribution in [0.3, 0.4) is 0 Å². The van der Waals surface area contributed by atoms with Crippen LogP contribution in [-0.2, 0) is 14.4 Å². The molecule has 126 valence electrons. The van der Waals surface area contributed by atoms with Crippen molar-refractivity contribution in [2.45, 2.75) is 10.5 Å². The van der Waals surface area contributed by atoms with Crippen LogP contribution in [0.1, 0.15) is 0 Å². The predicted octanol–water partition coefficient (Wildman–Crippen LogP) is 0.707. The van der Waals surface area contributed by atoms with Crippen molar-refractivity contribution in [2.24, 2.45) is 5.73 Å².